The lowest BCUT2D eigenvalue weighted by atomic mass is 9.60. The minimum atomic E-state index is -1.39. The van der Waals surface area contributed by atoms with Crippen molar-refractivity contribution in [3.63, 3.8) is 0 Å². The van der Waals surface area contributed by atoms with Crippen molar-refractivity contribution in [3.8, 4) is 0 Å². The van der Waals surface area contributed by atoms with E-state index in [9.17, 15) is 9.59 Å². The van der Waals surface area contributed by atoms with Gasteiger partial charge in [-0.05, 0) is 60.1 Å². The van der Waals surface area contributed by atoms with Gasteiger partial charge in [-0.25, -0.2) is 4.90 Å². The number of fused-ring (bicyclic) bond motifs is 1. The summed E-state index contributed by atoms with van der Waals surface area (Å²) in [5, 5.41) is 0. The van der Waals surface area contributed by atoms with Crippen LogP contribution in [0, 0.1) is 11.8 Å². The molecule has 45 heavy (non-hydrogen) atoms. The number of carbonyl (C=O) groups excluding carboxylic acids is 2. The molecule has 3 aromatic rings. The molecule has 0 aliphatic carbocycles. The molecule has 0 spiro atoms. The van der Waals surface area contributed by atoms with Crippen molar-refractivity contribution in [1.29, 1.82) is 0 Å². The van der Waals surface area contributed by atoms with Gasteiger partial charge >= 0.3 is 0 Å². The van der Waals surface area contributed by atoms with E-state index >= 15 is 4.21 Å². The van der Waals surface area contributed by atoms with Crippen LogP contribution in [0.15, 0.2) is 102 Å². The molecule has 0 radical (unpaired) electrons. The molecular formula is C40H45NO3S. The second-order valence-electron chi connectivity index (χ2n) is 13.7. The summed E-state index contributed by atoms with van der Waals surface area (Å²) < 4.78 is 14.0. The first-order chi connectivity index (χ1) is 22.1. The molecule has 4 aliphatic rings. The van der Waals surface area contributed by atoms with Gasteiger partial charge < -0.3 is 0 Å². The molecule has 234 valence electrons. The third kappa shape index (κ3) is 5.06. The second-order valence-corrected chi connectivity index (χ2v) is 15.7. The number of imide groups is 1. The van der Waals surface area contributed by atoms with Gasteiger partial charge in [0.05, 0.1) is 27.0 Å². The number of anilines is 1. The van der Waals surface area contributed by atoms with Crippen molar-refractivity contribution in [2.75, 3.05) is 4.90 Å². The van der Waals surface area contributed by atoms with Gasteiger partial charge in [0.15, 0.2) is 0 Å². The zero-order chi connectivity index (χ0) is 30.9. The molecule has 3 aromatic carbocycles. The van der Waals surface area contributed by atoms with E-state index in [-0.39, 0.29) is 11.8 Å². The lowest BCUT2D eigenvalue weighted by molar-refractivity contribution is -0.122. The fourth-order valence-electron chi connectivity index (χ4n) is 9.21. The lowest BCUT2D eigenvalue weighted by Gasteiger charge is -2.38. The van der Waals surface area contributed by atoms with Gasteiger partial charge in [0.2, 0.25) is 11.8 Å². The first-order valence-electron chi connectivity index (χ1n) is 17.2. The molecule has 4 heterocycles. The van der Waals surface area contributed by atoms with Crippen LogP contribution in [0.25, 0.3) is 0 Å². The summed E-state index contributed by atoms with van der Waals surface area (Å²) in [4.78, 5) is 31.0. The number of amides is 2. The van der Waals surface area contributed by atoms with Crippen LogP contribution in [0.5, 0.6) is 0 Å². The van der Waals surface area contributed by atoms with Gasteiger partial charge in [-0.2, -0.15) is 0 Å². The molecule has 2 bridgehead atoms. The molecule has 3 fully saturated rings. The van der Waals surface area contributed by atoms with Crippen molar-refractivity contribution in [1.82, 2.24) is 0 Å². The smallest absolute Gasteiger partial charge is 0.239 e. The number of nitrogens with zero attached hydrogens (tertiary/aromatic N) is 1. The van der Waals surface area contributed by atoms with Crippen LogP contribution in [0.2, 0.25) is 0 Å². The van der Waals surface area contributed by atoms with Gasteiger partial charge in [-0.3, -0.25) is 13.8 Å². The van der Waals surface area contributed by atoms with Crippen LogP contribution in [-0.4, -0.2) is 25.5 Å². The highest BCUT2D eigenvalue weighted by Gasteiger charge is 2.80. The largest absolute Gasteiger partial charge is 0.274 e. The Morgan fingerprint density at radius 1 is 0.533 bits per heavy atom. The monoisotopic (exact) mass is 619 g/mol. The standard InChI is InChI=1S/C40H45NO3S/c42-37-35-36(38(43)41(37)32-24-16-11-17-25-32)40-27-19-8-6-4-2-1-3-5-7-18-26-39(35,45(40)44)33(28-30-20-12-9-13-21-30)34(40)29-31-22-14-10-15-23-31/h9-17,20-25,35-36H,1-8,18-19,26-29H2/t35-,36+,39+,40-,45?. The van der Waals surface area contributed by atoms with E-state index in [4.69, 9.17) is 0 Å². The quantitative estimate of drug-likeness (QED) is 0.213. The Bertz CT molecular complexity index is 1490. The number of hydrogen-bond acceptors (Lipinski definition) is 3. The highest BCUT2D eigenvalue weighted by molar-refractivity contribution is 7.89. The van der Waals surface area contributed by atoms with Crippen LogP contribution in [0.1, 0.15) is 88.2 Å². The second kappa shape index (κ2) is 12.8. The van der Waals surface area contributed by atoms with E-state index in [1.165, 1.54) is 65.7 Å². The molecular weight excluding hydrogens is 575 g/mol. The number of carbonyl (C=O) groups is 2. The van der Waals surface area contributed by atoms with E-state index in [0.717, 1.165) is 25.7 Å². The van der Waals surface area contributed by atoms with Crippen LogP contribution in [-0.2, 0) is 33.2 Å². The van der Waals surface area contributed by atoms with E-state index in [1.807, 2.05) is 42.5 Å². The Morgan fingerprint density at radius 2 is 0.889 bits per heavy atom. The summed E-state index contributed by atoms with van der Waals surface area (Å²) in [6.45, 7) is 0. The molecule has 4 nitrogen and oxygen atoms in total. The Hall–Kier alpha value is -3.31. The van der Waals surface area contributed by atoms with Crippen molar-refractivity contribution in [3.05, 3.63) is 113 Å². The Labute approximate surface area is 270 Å². The van der Waals surface area contributed by atoms with Crippen molar-refractivity contribution in [2.45, 2.75) is 99.4 Å². The predicted octanol–water partition coefficient (Wildman–Crippen LogP) is 8.52. The van der Waals surface area contributed by atoms with Crippen LogP contribution >= 0.6 is 0 Å². The van der Waals surface area contributed by atoms with E-state index < -0.39 is 32.1 Å². The fourth-order valence-corrected chi connectivity index (χ4v) is 12.3. The topological polar surface area (TPSA) is 54.5 Å². The minimum absolute atomic E-state index is 0.142. The normalized spacial score (nSPS) is 30.7. The van der Waals surface area contributed by atoms with Crippen molar-refractivity contribution >= 4 is 28.3 Å². The molecule has 3 saturated heterocycles. The Balaban J connectivity index is 1.44. The first kappa shape index (κ1) is 30.3. The number of hydrogen-bond donors (Lipinski definition) is 0. The van der Waals surface area contributed by atoms with Gasteiger partial charge in [0.25, 0.3) is 0 Å². The molecule has 5 heteroatoms. The number of para-hydroxylation sites is 1. The maximum Gasteiger partial charge on any atom is 0.239 e. The average Bonchev–Trinajstić information content (AvgIpc) is 3.53. The fraction of sp³-hybridized carbons (Fsp3) is 0.450. The summed E-state index contributed by atoms with van der Waals surface area (Å²) in [7, 11) is -1.39. The van der Waals surface area contributed by atoms with Crippen LogP contribution in [0.4, 0.5) is 5.69 Å². The van der Waals surface area contributed by atoms with E-state index in [1.54, 1.807) is 0 Å². The van der Waals surface area contributed by atoms with Gasteiger partial charge in [-0.1, -0.05) is 143 Å². The molecule has 0 aromatic heterocycles. The summed E-state index contributed by atoms with van der Waals surface area (Å²) >= 11 is 0. The predicted molar refractivity (Wildman–Crippen MR) is 182 cm³/mol. The van der Waals surface area contributed by atoms with Crippen molar-refractivity contribution < 1.29 is 13.8 Å². The third-order valence-electron chi connectivity index (χ3n) is 11.2. The van der Waals surface area contributed by atoms with Crippen LogP contribution < -0.4 is 4.90 Å². The van der Waals surface area contributed by atoms with Crippen molar-refractivity contribution in [2.24, 2.45) is 11.8 Å². The molecule has 5 atom stereocenters. The van der Waals surface area contributed by atoms with Gasteiger partial charge in [0.1, 0.15) is 0 Å². The van der Waals surface area contributed by atoms with Gasteiger partial charge in [0, 0.05) is 10.8 Å². The SMILES string of the molecule is O=C1[C@@H]2[C@H](C(=O)N1c1ccccc1)[C@]13CCCCCCCCCCCC[C@]2(C(Cc2ccccc2)=C1Cc1ccccc1)S3=O. The molecule has 0 N–H and O–H groups in total. The van der Waals surface area contributed by atoms with Crippen LogP contribution in [0.3, 0.4) is 0 Å². The highest BCUT2D eigenvalue weighted by atomic mass is 32.2. The average molecular weight is 620 g/mol. The Kier molecular flexibility index (Phi) is 8.65. The summed E-state index contributed by atoms with van der Waals surface area (Å²) in [5.74, 6) is -1.46. The summed E-state index contributed by atoms with van der Waals surface area (Å²) in [6.07, 6.45) is 14.1. The maximum atomic E-state index is 15.6. The number of rotatable bonds is 5. The molecule has 1 unspecified atom stereocenters. The van der Waals surface area contributed by atoms with E-state index in [2.05, 4.69) is 48.5 Å². The first-order valence-corrected chi connectivity index (χ1v) is 18.4. The zero-order valence-corrected chi connectivity index (χ0v) is 27.1. The van der Waals surface area contributed by atoms with E-state index in [0.29, 0.717) is 31.4 Å². The number of benzene rings is 3. The highest BCUT2D eigenvalue weighted by Crippen LogP contribution is 2.69. The van der Waals surface area contributed by atoms with Gasteiger partial charge in [-0.15, -0.1) is 0 Å². The molecule has 0 saturated carbocycles. The summed E-state index contributed by atoms with van der Waals surface area (Å²) in [6, 6.07) is 30.4. The zero-order valence-electron chi connectivity index (χ0n) is 26.3. The molecule has 2 amide bonds. The third-order valence-corrected chi connectivity index (χ3v) is 13.9. The summed E-state index contributed by atoms with van der Waals surface area (Å²) in [5.41, 5.74) is 5.39. The minimum Gasteiger partial charge on any atom is -0.274 e. The lowest BCUT2D eigenvalue weighted by Crippen LogP contribution is -2.45. The molecule has 4 aliphatic heterocycles. The molecule has 7 rings (SSSR count). The Morgan fingerprint density at radius 3 is 1.29 bits per heavy atom. The maximum absolute atomic E-state index is 15.6.